The van der Waals surface area contributed by atoms with Gasteiger partial charge in [-0.1, -0.05) is 60.7 Å². The summed E-state index contributed by atoms with van der Waals surface area (Å²) in [6, 6.07) is 20.3. The lowest BCUT2D eigenvalue weighted by Crippen LogP contribution is -1.98. The van der Waals surface area contributed by atoms with Crippen LogP contribution in [0.5, 0.6) is 0 Å². The van der Waals surface area contributed by atoms with Crippen LogP contribution in [0.4, 0.5) is 5.82 Å². The molecule has 1 N–H and O–H groups in total. The molecule has 7 heteroatoms. The van der Waals surface area contributed by atoms with Crippen LogP contribution >= 0.6 is 23.6 Å². The van der Waals surface area contributed by atoms with Crippen molar-refractivity contribution in [3.63, 3.8) is 0 Å². The van der Waals surface area contributed by atoms with E-state index in [2.05, 4.69) is 22.0 Å². The summed E-state index contributed by atoms with van der Waals surface area (Å²) in [5.41, 5.74) is 3.82. The summed E-state index contributed by atoms with van der Waals surface area (Å²) < 4.78 is 3.76. The van der Waals surface area contributed by atoms with Crippen molar-refractivity contribution in [2.75, 3.05) is 11.9 Å². The zero-order chi connectivity index (χ0) is 19.4. The van der Waals surface area contributed by atoms with Gasteiger partial charge in [-0.25, -0.2) is 15.0 Å². The second-order valence-corrected chi connectivity index (χ2v) is 8.27. The van der Waals surface area contributed by atoms with Crippen molar-refractivity contribution in [1.29, 1.82) is 0 Å². The Morgan fingerprint density at radius 1 is 0.897 bits per heavy atom. The molecule has 1 aliphatic rings. The zero-order valence-corrected chi connectivity index (χ0v) is 16.9. The molecular formula is C22H15N5S2. The van der Waals surface area contributed by atoms with Crippen molar-refractivity contribution >= 4 is 49.8 Å². The van der Waals surface area contributed by atoms with E-state index in [-0.39, 0.29) is 0 Å². The van der Waals surface area contributed by atoms with Gasteiger partial charge in [0.25, 0.3) is 0 Å². The Balaban J connectivity index is 1.76. The van der Waals surface area contributed by atoms with Gasteiger partial charge in [0.15, 0.2) is 5.82 Å². The van der Waals surface area contributed by atoms with Crippen molar-refractivity contribution in [1.82, 2.24) is 19.5 Å². The third-order valence-electron chi connectivity index (χ3n) is 5.16. The third-order valence-corrected chi connectivity index (χ3v) is 6.55. The maximum Gasteiger partial charge on any atom is 0.201 e. The van der Waals surface area contributed by atoms with Gasteiger partial charge in [-0.15, -0.1) is 11.3 Å². The molecule has 1 aliphatic heterocycles. The molecular weight excluding hydrogens is 398 g/mol. The number of anilines is 1. The van der Waals surface area contributed by atoms with E-state index < -0.39 is 0 Å². The first-order chi connectivity index (χ1) is 14.3. The first-order valence-corrected chi connectivity index (χ1v) is 10.6. The summed E-state index contributed by atoms with van der Waals surface area (Å²) in [7, 11) is 0. The van der Waals surface area contributed by atoms with Gasteiger partial charge in [-0.05, 0) is 12.2 Å². The molecule has 6 rings (SSSR count). The Hall–Kier alpha value is -3.16. The predicted octanol–water partition coefficient (Wildman–Crippen LogP) is 5.53. The molecule has 0 spiro atoms. The number of nitrogens with one attached hydrogen (secondary N) is 1. The normalized spacial score (nSPS) is 13.0. The molecule has 0 amide bonds. The average Bonchev–Trinajstić information content (AvgIpc) is 3.40. The Labute approximate surface area is 175 Å². The van der Waals surface area contributed by atoms with E-state index in [0.717, 1.165) is 62.0 Å². The van der Waals surface area contributed by atoms with Crippen LogP contribution in [-0.2, 0) is 6.54 Å². The number of rotatable bonds is 2. The second-order valence-electron chi connectivity index (χ2n) is 6.91. The Kier molecular flexibility index (Phi) is 3.72. The van der Waals surface area contributed by atoms with Crippen molar-refractivity contribution in [2.24, 2.45) is 0 Å². The minimum Gasteiger partial charge on any atom is -0.368 e. The molecule has 0 unspecified atom stereocenters. The highest BCUT2D eigenvalue weighted by atomic mass is 32.1. The Morgan fingerprint density at radius 2 is 1.62 bits per heavy atom. The maximum atomic E-state index is 5.57. The van der Waals surface area contributed by atoms with Crippen molar-refractivity contribution in [3.05, 3.63) is 65.4 Å². The molecule has 0 atom stereocenters. The van der Waals surface area contributed by atoms with Crippen LogP contribution in [0.3, 0.4) is 0 Å². The lowest BCUT2D eigenvalue weighted by Gasteiger charge is -2.07. The van der Waals surface area contributed by atoms with E-state index in [1.54, 1.807) is 11.3 Å². The first kappa shape index (κ1) is 16.8. The molecule has 0 fully saturated rings. The van der Waals surface area contributed by atoms with E-state index in [0.29, 0.717) is 4.77 Å². The maximum absolute atomic E-state index is 5.57. The average molecular weight is 414 g/mol. The zero-order valence-electron chi connectivity index (χ0n) is 15.3. The minimum atomic E-state index is 0.600. The molecule has 3 aromatic heterocycles. The minimum absolute atomic E-state index is 0.600. The van der Waals surface area contributed by atoms with Crippen LogP contribution in [0.1, 0.15) is 0 Å². The van der Waals surface area contributed by atoms with Crippen molar-refractivity contribution in [2.45, 2.75) is 6.54 Å². The fourth-order valence-electron chi connectivity index (χ4n) is 3.82. The van der Waals surface area contributed by atoms with Crippen molar-refractivity contribution < 1.29 is 0 Å². The van der Waals surface area contributed by atoms with E-state index >= 15 is 0 Å². The topological polar surface area (TPSA) is 55.6 Å². The van der Waals surface area contributed by atoms with Crippen LogP contribution in [0, 0.1) is 4.77 Å². The lowest BCUT2D eigenvalue weighted by molar-refractivity contribution is 0.774. The summed E-state index contributed by atoms with van der Waals surface area (Å²) in [5, 5.41) is 4.44. The molecule has 5 nitrogen and oxygen atoms in total. The quantitative estimate of drug-likeness (QED) is 0.386. The van der Waals surface area contributed by atoms with Gasteiger partial charge in [0, 0.05) is 24.2 Å². The van der Waals surface area contributed by atoms with Crippen LogP contribution in [0.15, 0.2) is 60.7 Å². The predicted molar refractivity (Wildman–Crippen MR) is 121 cm³/mol. The van der Waals surface area contributed by atoms with Gasteiger partial charge in [0.1, 0.15) is 10.6 Å². The molecule has 0 radical (unpaired) electrons. The number of nitrogens with zero attached hydrogens (tertiary/aromatic N) is 4. The van der Waals surface area contributed by atoms with E-state index in [1.165, 1.54) is 0 Å². The SMILES string of the molecule is S=c1nc2c(sc3nc(-c4ccccc4)nc(-c4ccccc4)c32)c2n1CCN2. The highest BCUT2D eigenvalue weighted by Crippen LogP contribution is 2.42. The largest absolute Gasteiger partial charge is 0.368 e. The van der Waals surface area contributed by atoms with Crippen LogP contribution in [0.2, 0.25) is 0 Å². The monoisotopic (exact) mass is 413 g/mol. The number of hydrogen-bond acceptors (Lipinski definition) is 6. The fraction of sp³-hybridized carbons (Fsp3) is 0.0909. The first-order valence-electron chi connectivity index (χ1n) is 9.39. The lowest BCUT2D eigenvalue weighted by atomic mass is 10.1. The van der Waals surface area contributed by atoms with E-state index in [1.807, 2.05) is 48.5 Å². The summed E-state index contributed by atoms with van der Waals surface area (Å²) in [5.74, 6) is 1.77. The van der Waals surface area contributed by atoms with Gasteiger partial charge in [0.2, 0.25) is 4.77 Å². The number of thiophene rings is 1. The van der Waals surface area contributed by atoms with Crippen LogP contribution < -0.4 is 5.32 Å². The molecule has 5 aromatic rings. The van der Waals surface area contributed by atoms with Crippen LogP contribution in [-0.4, -0.2) is 26.1 Å². The van der Waals surface area contributed by atoms with Gasteiger partial charge >= 0.3 is 0 Å². The number of aromatic nitrogens is 4. The number of fused-ring (bicyclic) bond motifs is 5. The standard InChI is InChI=1S/C22H15N5S2/c28-22-25-17-15-16(13-7-3-1-4-8-13)24-19(14-9-5-2-6-10-14)26-21(15)29-18(17)20-23-11-12-27(20)22/h1-10,23H,11-12H2. The Morgan fingerprint density at radius 3 is 2.38 bits per heavy atom. The van der Waals surface area contributed by atoms with Gasteiger partial charge in [-0.3, -0.25) is 0 Å². The molecule has 0 aliphatic carbocycles. The summed E-state index contributed by atoms with van der Waals surface area (Å²) in [4.78, 5) is 15.6. The van der Waals surface area contributed by atoms with E-state index in [9.17, 15) is 0 Å². The highest BCUT2D eigenvalue weighted by molar-refractivity contribution is 7.71. The third kappa shape index (κ3) is 2.58. The summed E-state index contributed by atoms with van der Waals surface area (Å²) >= 11 is 7.22. The highest BCUT2D eigenvalue weighted by Gasteiger charge is 2.22. The summed E-state index contributed by atoms with van der Waals surface area (Å²) in [6.07, 6.45) is 0. The molecule has 0 saturated carbocycles. The summed E-state index contributed by atoms with van der Waals surface area (Å²) in [6.45, 7) is 1.71. The van der Waals surface area contributed by atoms with Crippen LogP contribution in [0.25, 0.3) is 43.1 Å². The molecule has 29 heavy (non-hydrogen) atoms. The smallest absolute Gasteiger partial charge is 0.201 e. The van der Waals surface area contributed by atoms with Gasteiger partial charge in [0.05, 0.1) is 21.3 Å². The molecule has 2 aromatic carbocycles. The van der Waals surface area contributed by atoms with Crippen molar-refractivity contribution in [3.8, 4) is 22.6 Å². The van der Waals surface area contributed by atoms with Gasteiger partial charge in [-0.2, -0.15) is 0 Å². The number of benzene rings is 2. The molecule has 140 valence electrons. The Bertz CT molecular complexity index is 1440. The number of hydrogen-bond donors (Lipinski definition) is 1. The van der Waals surface area contributed by atoms with Gasteiger partial charge < -0.3 is 9.88 Å². The molecule has 4 heterocycles. The fourth-order valence-corrected chi connectivity index (χ4v) is 5.24. The second kappa shape index (κ2) is 6.43. The van der Waals surface area contributed by atoms with E-state index in [4.69, 9.17) is 27.2 Å². The molecule has 0 bridgehead atoms. The molecule has 0 saturated heterocycles.